The van der Waals surface area contributed by atoms with Gasteiger partial charge in [-0.1, -0.05) is 0 Å². The molecule has 96 valence electrons. The number of rotatable bonds is 7. The average molecular weight is 272 g/mol. The summed E-state index contributed by atoms with van der Waals surface area (Å²) in [6, 6.07) is 0. The normalized spacial score (nSPS) is 11.6. The van der Waals surface area contributed by atoms with Crippen LogP contribution in [0.2, 0.25) is 0 Å². The molecule has 0 radical (unpaired) electrons. The monoisotopic (exact) mass is 272 g/mol. The third kappa shape index (κ3) is 5.18. The summed E-state index contributed by atoms with van der Waals surface area (Å²) < 4.78 is 27.9. The van der Waals surface area contributed by atoms with E-state index in [-0.39, 0.29) is 13.2 Å². The molecule has 0 aromatic rings. The fraction of sp³-hybridized carbons (Fsp3) is 0.857. The van der Waals surface area contributed by atoms with E-state index in [1.165, 1.54) is 14.1 Å². The molecule has 0 aliphatic rings. The van der Waals surface area contributed by atoms with Crippen molar-refractivity contribution in [2.45, 2.75) is 13.8 Å². The summed E-state index contributed by atoms with van der Waals surface area (Å²) in [4.78, 5) is 10.8. The van der Waals surface area contributed by atoms with Gasteiger partial charge in [-0.15, -0.1) is 4.08 Å². The van der Waals surface area contributed by atoms with Crippen LogP contribution in [0.3, 0.4) is 0 Å². The van der Waals surface area contributed by atoms with Gasteiger partial charge in [-0.05, 0) is 13.8 Å². The molecule has 0 spiro atoms. The predicted octanol–water partition coefficient (Wildman–Crippen LogP) is 2.02. The first kappa shape index (κ1) is 15.7. The second-order valence-corrected chi connectivity index (χ2v) is 5.65. The lowest BCUT2D eigenvalue weighted by Gasteiger charge is -2.23. The minimum Gasteiger partial charge on any atom is -0.358 e. The highest BCUT2D eigenvalue weighted by Gasteiger charge is 2.32. The van der Waals surface area contributed by atoms with Crippen LogP contribution in [0.15, 0.2) is 0 Å². The molecule has 0 unspecified atom stereocenters. The molecule has 0 aliphatic carbocycles. The van der Waals surface area contributed by atoms with E-state index in [1.54, 1.807) is 13.8 Å². The number of amides is 1. The molecule has 0 bridgehead atoms. The smallest absolute Gasteiger partial charge is 0.358 e. The average Bonchev–Trinajstić information content (AvgIpc) is 2.25. The molecule has 0 aromatic heterocycles. The van der Waals surface area contributed by atoms with Crippen LogP contribution in [-0.4, -0.2) is 37.5 Å². The lowest BCUT2D eigenvalue weighted by molar-refractivity contribution is 0.194. The van der Waals surface area contributed by atoms with Crippen LogP contribution in [-0.2, 0) is 17.8 Å². The Hall–Kier alpha value is -0.270. The van der Waals surface area contributed by atoms with Gasteiger partial charge in [0, 0.05) is 14.1 Å². The third-order valence-electron chi connectivity index (χ3n) is 1.35. The zero-order valence-electron chi connectivity index (χ0n) is 9.76. The summed E-state index contributed by atoms with van der Waals surface area (Å²) in [7, 11) is -0.504. The SMILES string of the molecule is CCOP(=O)(OCC)N(C)SOC(=O)NC. The Kier molecular flexibility index (Phi) is 7.78. The van der Waals surface area contributed by atoms with Crippen molar-refractivity contribution in [2.24, 2.45) is 0 Å². The number of nitrogens with one attached hydrogen (secondary N) is 1. The minimum absolute atomic E-state index is 0.238. The van der Waals surface area contributed by atoms with E-state index in [0.29, 0.717) is 12.2 Å². The second kappa shape index (κ2) is 7.92. The van der Waals surface area contributed by atoms with Crippen LogP contribution in [0.5, 0.6) is 0 Å². The maximum Gasteiger partial charge on any atom is 0.420 e. The first-order valence-corrected chi connectivity index (χ1v) is 6.89. The predicted molar refractivity (Wildman–Crippen MR) is 61.8 cm³/mol. The van der Waals surface area contributed by atoms with E-state index in [0.717, 1.165) is 4.08 Å². The quantitative estimate of drug-likeness (QED) is 0.431. The Morgan fingerprint density at radius 1 is 1.38 bits per heavy atom. The van der Waals surface area contributed by atoms with Crippen molar-refractivity contribution in [3.63, 3.8) is 0 Å². The molecular weight excluding hydrogens is 255 g/mol. The van der Waals surface area contributed by atoms with Crippen molar-refractivity contribution < 1.29 is 22.6 Å². The molecule has 1 N–H and O–H groups in total. The summed E-state index contributed by atoms with van der Waals surface area (Å²) in [5, 5.41) is 2.26. The van der Waals surface area contributed by atoms with Gasteiger partial charge in [0.1, 0.15) is 0 Å². The lowest BCUT2D eigenvalue weighted by atomic mass is 10.9. The van der Waals surface area contributed by atoms with Gasteiger partial charge in [0.05, 0.1) is 13.2 Å². The van der Waals surface area contributed by atoms with Crippen molar-refractivity contribution in [3.8, 4) is 0 Å². The number of hydrogen-bond donors (Lipinski definition) is 1. The Labute approximate surface area is 99.7 Å². The molecule has 0 aromatic carbocycles. The van der Waals surface area contributed by atoms with Gasteiger partial charge in [0.2, 0.25) is 0 Å². The van der Waals surface area contributed by atoms with Gasteiger partial charge in [0.25, 0.3) is 0 Å². The van der Waals surface area contributed by atoms with Crippen molar-refractivity contribution in [3.05, 3.63) is 0 Å². The lowest BCUT2D eigenvalue weighted by Crippen LogP contribution is -2.19. The number of nitrogens with zero attached hydrogens (tertiary/aromatic N) is 1. The standard InChI is InChI=1S/C7H17N2O5PS/c1-5-12-15(11,13-6-2)9(4)16-14-7(10)8-3/h5-6H2,1-4H3,(H,8,10). The summed E-state index contributed by atoms with van der Waals surface area (Å²) >= 11 is 0.604. The van der Waals surface area contributed by atoms with Crippen molar-refractivity contribution >= 4 is 26.1 Å². The number of carbonyl (C=O) groups is 1. The van der Waals surface area contributed by atoms with Gasteiger partial charge in [-0.3, -0.25) is 9.05 Å². The van der Waals surface area contributed by atoms with Gasteiger partial charge >= 0.3 is 13.8 Å². The van der Waals surface area contributed by atoms with Crippen LogP contribution in [0.25, 0.3) is 0 Å². The fourth-order valence-electron chi connectivity index (χ4n) is 0.696. The molecule has 0 fully saturated rings. The molecule has 0 heterocycles. The van der Waals surface area contributed by atoms with Crippen molar-refractivity contribution in [1.29, 1.82) is 0 Å². The highest BCUT2D eigenvalue weighted by Crippen LogP contribution is 2.54. The highest BCUT2D eigenvalue weighted by atomic mass is 32.2. The topological polar surface area (TPSA) is 77.1 Å². The summed E-state index contributed by atoms with van der Waals surface area (Å²) in [5.74, 6) is 0. The van der Waals surface area contributed by atoms with Crippen LogP contribution < -0.4 is 5.32 Å². The van der Waals surface area contributed by atoms with Gasteiger partial charge < -0.3 is 9.50 Å². The molecular formula is C7H17N2O5PS. The Balaban J connectivity index is 4.32. The number of hydrogen-bond acceptors (Lipinski definition) is 6. The molecule has 0 saturated heterocycles. The van der Waals surface area contributed by atoms with Gasteiger partial charge in [-0.2, -0.15) is 0 Å². The first-order chi connectivity index (χ1) is 7.50. The Morgan fingerprint density at radius 2 is 1.88 bits per heavy atom. The fourth-order valence-corrected chi connectivity index (χ4v) is 2.72. The largest absolute Gasteiger partial charge is 0.420 e. The first-order valence-electron chi connectivity index (χ1n) is 4.69. The Morgan fingerprint density at radius 3 is 2.25 bits per heavy atom. The van der Waals surface area contributed by atoms with Gasteiger partial charge in [0.15, 0.2) is 12.2 Å². The second-order valence-electron chi connectivity index (χ2n) is 2.46. The van der Waals surface area contributed by atoms with E-state index in [9.17, 15) is 9.36 Å². The third-order valence-corrected chi connectivity index (χ3v) is 4.45. The molecule has 1 amide bonds. The van der Waals surface area contributed by atoms with Crippen molar-refractivity contribution in [2.75, 3.05) is 27.3 Å². The van der Waals surface area contributed by atoms with Crippen LogP contribution in [0.4, 0.5) is 4.79 Å². The van der Waals surface area contributed by atoms with E-state index in [2.05, 4.69) is 9.50 Å². The molecule has 0 saturated carbocycles. The van der Waals surface area contributed by atoms with Crippen LogP contribution in [0, 0.1) is 0 Å². The Bertz CT molecular complexity index is 255. The van der Waals surface area contributed by atoms with Crippen LogP contribution >= 0.6 is 20.0 Å². The van der Waals surface area contributed by atoms with Crippen molar-refractivity contribution in [1.82, 2.24) is 9.39 Å². The van der Waals surface area contributed by atoms with E-state index < -0.39 is 13.8 Å². The van der Waals surface area contributed by atoms with E-state index in [1.807, 2.05) is 0 Å². The zero-order chi connectivity index (χ0) is 12.6. The van der Waals surface area contributed by atoms with Crippen LogP contribution in [0.1, 0.15) is 13.8 Å². The summed E-state index contributed by atoms with van der Waals surface area (Å²) in [6.45, 7) is 3.87. The zero-order valence-corrected chi connectivity index (χ0v) is 11.5. The molecule has 7 nitrogen and oxygen atoms in total. The molecule has 0 aliphatic heterocycles. The molecule has 16 heavy (non-hydrogen) atoms. The van der Waals surface area contributed by atoms with Gasteiger partial charge in [-0.25, -0.2) is 9.36 Å². The molecule has 0 atom stereocenters. The number of carbonyl (C=O) groups excluding carboxylic acids is 1. The maximum atomic E-state index is 12.1. The highest BCUT2D eigenvalue weighted by molar-refractivity contribution is 7.97. The minimum atomic E-state index is -3.39. The molecule has 9 heteroatoms. The maximum absolute atomic E-state index is 12.1. The van der Waals surface area contributed by atoms with E-state index >= 15 is 0 Å². The molecule has 0 rings (SSSR count). The summed E-state index contributed by atoms with van der Waals surface area (Å²) in [5.41, 5.74) is 0. The summed E-state index contributed by atoms with van der Waals surface area (Å²) in [6.07, 6.45) is -0.642. The van der Waals surface area contributed by atoms with E-state index in [4.69, 9.17) is 9.05 Å².